The van der Waals surface area contributed by atoms with Crippen LogP contribution >= 0.6 is 0 Å². The molecule has 2 unspecified atom stereocenters. The van der Waals surface area contributed by atoms with Crippen LogP contribution in [0.25, 0.3) is 0 Å². The van der Waals surface area contributed by atoms with Gasteiger partial charge in [-0.3, -0.25) is 5.32 Å². The molecule has 0 spiro atoms. The molecule has 0 saturated heterocycles. The van der Waals surface area contributed by atoms with E-state index in [1.54, 1.807) is 6.20 Å². The molecule has 0 bridgehead atoms. The first kappa shape index (κ1) is 14.8. The number of hydrogen-bond donors (Lipinski definition) is 1. The Hall–Kier alpha value is -1.61. The van der Waals surface area contributed by atoms with Crippen LogP contribution in [0.5, 0.6) is 0 Å². The Bertz CT molecular complexity index is 601. The Balaban J connectivity index is 2.16. The number of benzene rings is 1. The van der Waals surface area contributed by atoms with Crippen LogP contribution in [0.4, 0.5) is 0 Å². The molecule has 0 aliphatic carbocycles. The molecule has 1 heterocycles. The topological polar surface area (TPSA) is 38.1 Å². The lowest BCUT2D eigenvalue weighted by molar-refractivity contribution is 0.380. The Morgan fingerprint density at radius 2 is 1.60 bits per heavy atom. The van der Waals surface area contributed by atoms with Gasteiger partial charge in [0.1, 0.15) is 5.76 Å². The van der Waals surface area contributed by atoms with Crippen molar-refractivity contribution in [2.75, 3.05) is 0 Å². The highest BCUT2D eigenvalue weighted by molar-refractivity contribution is 5.38. The van der Waals surface area contributed by atoms with Crippen molar-refractivity contribution in [3.63, 3.8) is 0 Å². The largest absolute Gasteiger partial charge is 0.444 e. The second kappa shape index (κ2) is 5.80. The van der Waals surface area contributed by atoms with Gasteiger partial charge in [0.15, 0.2) is 0 Å². The first-order chi connectivity index (χ1) is 9.38. The maximum absolute atomic E-state index is 5.58. The molecule has 1 aromatic carbocycles. The van der Waals surface area contributed by atoms with Gasteiger partial charge >= 0.3 is 0 Å². The predicted molar refractivity (Wildman–Crippen MR) is 81.9 cm³/mol. The average Bonchev–Trinajstić information content (AvgIpc) is 2.80. The summed E-state index contributed by atoms with van der Waals surface area (Å²) in [5.74, 6) is 1.60. The molecule has 0 aliphatic rings. The summed E-state index contributed by atoms with van der Waals surface area (Å²) < 4.78 is 5.58. The van der Waals surface area contributed by atoms with Gasteiger partial charge < -0.3 is 4.42 Å². The summed E-state index contributed by atoms with van der Waals surface area (Å²) in [5.41, 5.74) is 5.33. The van der Waals surface area contributed by atoms with Crippen LogP contribution < -0.4 is 5.32 Å². The van der Waals surface area contributed by atoms with E-state index in [-0.39, 0.29) is 12.1 Å². The Labute approximate surface area is 121 Å². The Morgan fingerprint density at radius 3 is 2.20 bits per heavy atom. The molecule has 3 heteroatoms. The van der Waals surface area contributed by atoms with E-state index in [9.17, 15) is 0 Å². The summed E-state index contributed by atoms with van der Waals surface area (Å²) in [4.78, 5) is 4.29. The minimum Gasteiger partial charge on any atom is -0.444 e. The first-order valence-electron chi connectivity index (χ1n) is 7.14. The van der Waals surface area contributed by atoms with Crippen molar-refractivity contribution < 1.29 is 4.42 Å². The third-order valence-electron chi connectivity index (χ3n) is 3.86. The molecule has 0 saturated carbocycles. The fourth-order valence-electron chi connectivity index (χ4n) is 2.56. The maximum Gasteiger partial charge on any atom is 0.211 e. The molecule has 0 amide bonds. The maximum atomic E-state index is 5.58. The number of oxazole rings is 1. The molecule has 1 aromatic heterocycles. The quantitative estimate of drug-likeness (QED) is 0.900. The number of hydrogen-bond acceptors (Lipinski definition) is 3. The second-order valence-corrected chi connectivity index (χ2v) is 5.71. The molecule has 1 N–H and O–H groups in total. The minimum absolute atomic E-state index is 0.0970. The summed E-state index contributed by atoms with van der Waals surface area (Å²) >= 11 is 0. The molecular formula is C17H24N2O. The van der Waals surface area contributed by atoms with Crippen molar-refractivity contribution in [2.45, 2.75) is 53.6 Å². The number of nitrogens with zero attached hydrogens (tertiary/aromatic N) is 1. The van der Waals surface area contributed by atoms with Crippen LogP contribution in [0, 0.1) is 27.7 Å². The van der Waals surface area contributed by atoms with Crippen LogP contribution in [-0.2, 0) is 0 Å². The molecule has 2 aromatic rings. The van der Waals surface area contributed by atoms with E-state index in [4.69, 9.17) is 4.42 Å². The molecule has 108 valence electrons. The standard InChI is InChI=1S/C17H24N2O/c1-10-7-12(3)16(8-11(10)2)14(5)19-15(6)17-18-9-13(4)20-17/h7-9,14-15,19H,1-6H3. The minimum atomic E-state index is 0.0970. The number of aryl methyl sites for hydroxylation is 4. The summed E-state index contributed by atoms with van der Waals surface area (Å²) in [7, 11) is 0. The van der Waals surface area contributed by atoms with Gasteiger partial charge in [-0.25, -0.2) is 4.98 Å². The van der Waals surface area contributed by atoms with E-state index in [2.05, 4.69) is 57.1 Å². The summed E-state index contributed by atoms with van der Waals surface area (Å²) in [6.07, 6.45) is 1.76. The van der Waals surface area contributed by atoms with Gasteiger partial charge in [-0.15, -0.1) is 0 Å². The lowest BCUT2D eigenvalue weighted by Gasteiger charge is -2.21. The van der Waals surface area contributed by atoms with Gasteiger partial charge in [0.25, 0.3) is 0 Å². The lowest BCUT2D eigenvalue weighted by atomic mass is 9.96. The van der Waals surface area contributed by atoms with E-state index in [0.29, 0.717) is 0 Å². The second-order valence-electron chi connectivity index (χ2n) is 5.71. The predicted octanol–water partition coefficient (Wildman–Crippen LogP) is 4.32. The molecular weight excluding hydrogens is 248 g/mol. The van der Waals surface area contributed by atoms with E-state index >= 15 is 0 Å². The molecule has 3 nitrogen and oxygen atoms in total. The molecule has 2 atom stereocenters. The van der Waals surface area contributed by atoms with Gasteiger partial charge in [-0.05, 0) is 63.8 Å². The normalized spacial score (nSPS) is 14.3. The Morgan fingerprint density at radius 1 is 0.950 bits per heavy atom. The monoisotopic (exact) mass is 272 g/mol. The highest BCUT2D eigenvalue weighted by Gasteiger charge is 2.16. The lowest BCUT2D eigenvalue weighted by Crippen LogP contribution is -2.23. The van der Waals surface area contributed by atoms with E-state index in [1.165, 1.54) is 22.3 Å². The fraction of sp³-hybridized carbons (Fsp3) is 0.471. The van der Waals surface area contributed by atoms with Gasteiger partial charge in [-0.1, -0.05) is 12.1 Å². The van der Waals surface area contributed by atoms with Gasteiger partial charge in [0, 0.05) is 6.04 Å². The van der Waals surface area contributed by atoms with Gasteiger partial charge in [0.2, 0.25) is 5.89 Å². The van der Waals surface area contributed by atoms with E-state index in [0.717, 1.165) is 11.7 Å². The highest BCUT2D eigenvalue weighted by Crippen LogP contribution is 2.24. The van der Waals surface area contributed by atoms with Gasteiger partial charge in [0.05, 0.1) is 12.2 Å². The van der Waals surface area contributed by atoms with Crippen molar-refractivity contribution in [1.29, 1.82) is 0 Å². The van der Waals surface area contributed by atoms with Crippen molar-refractivity contribution in [2.24, 2.45) is 0 Å². The molecule has 0 fully saturated rings. The molecule has 2 rings (SSSR count). The van der Waals surface area contributed by atoms with Crippen LogP contribution in [0.2, 0.25) is 0 Å². The highest BCUT2D eigenvalue weighted by atomic mass is 16.4. The smallest absolute Gasteiger partial charge is 0.211 e. The third-order valence-corrected chi connectivity index (χ3v) is 3.86. The van der Waals surface area contributed by atoms with Crippen LogP contribution in [0.1, 0.15) is 59.8 Å². The molecule has 20 heavy (non-hydrogen) atoms. The van der Waals surface area contributed by atoms with Crippen molar-refractivity contribution in [3.05, 3.63) is 52.2 Å². The average molecular weight is 272 g/mol. The van der Waals surface area contributed by atoms with Crippen molar-refractivity contribution >= 4 is 0 Å². The summed E-state index contributed by atoms with van der Waals surface area (Å²) in [5, 5.41) is 3.56. The van der Waals surface area contributed by atoms with Crippen LogP contribution in [0.3, 0.4) is 0 Å². The Kier molecular flexibility index (Phi) is 4.29. The zero-order valence-corrected chi connectivity index (χ0v) is 13.2. The molecule has 0 aliphatic heterocycles. The number of aromatic nitrogens is 1. The number of rotatable bonds is 4. The fourth-order valence-corrected chi connectivity index (χ4v) is 2.56. The van der Waals surface area contributed by atoms with Crippen LogP contribution in [-0.4, -0.2) is 4.98 Å². The SMILES string of the molecule is Cc1cnc(C(C)NC(C)c2cc(C)c(C)cc2C)o1. The zero-order chi connectivity index (χ0) is 14.9. The van der Waals surface area contributed by atoms with Crippen molar-refractivity contribution in [3.8, 4) is 0 Å². The van der Waals surface area contributed by atoms with Crippen LogP contribution in [0.15, 0.2) is 22.7 Å². The summed E-state index contributed by atoms with van der Waals surface area (Å²) in [6, 6.07) is 4.88. The van der Waals surface area contributed by atoms with Crippen molar-refractivity contribution in [1.82, 2.24) is 10.3 Å². The zero-order valence-electron chi connectivity index (χ0n) is 13.2. The summed E-state index contributed by atoms with van der Waals surface area (Å²) in [6.45, 7) is 12.7. The van der Waals surface area contributed by atoms with E-state index in [1.807, 2.05) is 6.92 Å². The first-order valence-corrected chi connectivity index (χ1v) is 7.14. The van der Waals surface area contributed by atoms with E-state index < -0.39 is 0 Å². The van der Waals surface area contributed by atoms with Gasteiger partial charge in [-0.2, -0.15) is 0 Å². The molecule has 0 radical (unpaired) electrons. The number of nitrogens with one attached hydrogen (secondary N) is 1. The third kappa shape index (κ3) is 3.10.